The number of hydrogen-bond donors (Lipinski definition) is 1. The van der Waals surface area contributed by atoms with E-state index in [9.17, 15) is 4.79 Å². The van der Waals surface area contributed by atoms with Crippen LogP contribution < -0.4 is 0 Å². The van der Waals surface area contributed by atoms with Crippen molar-refractivity contribution in [3.05, 3.63) is 0 Å². The van der Waals surface area contributed by atoms with Gasteiger partial charge in [0.15, 0.2) is 0 Å². The third kappa shape index (κ3) is 4.23. The first kappa shape index (κ1) is 10.2. The Morgan fingerprint density at radius 1 is 1.67 bits per heavy atom. The van der Waals surface area contributed by atoms with Crippen LogP contribution in [0.25, 0.3) is 0 Å². The number of rotatable bonds is 5. The van der Waals surface area contributed by atoms with Gasteiger partial charge in [-0.25, -0.2) is 0 Å². The lowest BCUT2D eigenvalue weighted by Crippen LogP contribution is -2.11. The minimum Gasteiger partial charge on any atom is -0.481 e. The molecule has 1 heterocycles. The van der Waals surface area contributed by atoms with Gasteiger partial charge in [0.2, 0.25) is 0 Å². The molecule has 0 aliphatic carbocycles. The van der Waals surface area contributed by atoms with Crippen molar-refractivity contribution in [3.8, 4) is 0 Å². The predicted molar refractivity (Wildman–Crippen MR) is 51.5 cm³/mol. The van der Waals surface area contributed by atoms with Crippen molar-refractivity contribution in [1.29, 1.82) is 0 Å². The Morgan fingerprint density at radius 3 is 3.08 bits per heavy atom. The second kappa shape index (κ2) is 5.72. The third-order valence-electron chi connectivity index (χ3n) is 1.49. The van der Waals surface area contributed by atoms with Crippen LogP contribution in [-0.4, -0.2) is 35.3 Å². The lowest BCUT2D eigenvalue weighted by atomic mass is 10.3. The summed E-state index contributed by atoms with van der Waals surface area (Å²) in [6.07, 6.45) is 1.30. The number of ether oxygens (including phenoxy) is 1. The van der Waals surface area contributed by atoms with Crippen LogP contribution in [0.3, 0.4) is 0 Å². The number of carboxylic acid groups (broad SMARTS) is 1. The molecular formula is C7H12O3S2. The molecule has 0 aromatic rings. The molecule has 1 saturated heterocycles. The van der Waals surface area contributed by atoms with Gasteiger partial charge < -0.3 is 9.84 Å². The Morgan fingerprint density at radius 2 is 2.50 bits per heavy atom. The molecule has 70 valence electrons. The molecule has 1 fully saturated rings. The Bertz CT molecular complexity index is 146. The highest BCUT2D eigenvalue weighted by molar-refractivity contribution is 8.77. The lowest BCUT2D eigenvalue weighted by Gasteiger charge is -2.06. The minimum absolute atomic E-state index is 0.116. The van der Waals surface area contributed by atoms with Crippen LogP contribution >= 0.6 is 21.6 Å². The van der Waals surface area contributed by atoms with E-state index < -0.39 is 5.97 Å². The van der Waals surface area contributed by atoms with E-state index in [0.717, 1.165) is 0 Å². The van der Waals surface area contributed by atoms with Gasteiger partial charge in [-0.15, -0.1) is 0 Å². The van der Waals surface area contributed by atoms with Crippen molar-refractivity contribution in [3.63, 3.8) is 0 Å². The molecule has 0 amide bonds. The van der Waals surface area contributed by atoms with Crippen LogP contribution in [0.2, 0.25) is 0 Å². The van der Waals surface area contributed by atoms with Gasteiger partial charge >= 0.3 is 5.97 Å². The summed E-state index contributed by atoms with van der Waals surface area (Å²) in [7, 11) is 3.71. The second-order valence-corrected chi connectivity index (χ2v) is 5.34. The molecule has 1 aliphatic rings. The second-order valence-electron chi connectivity index (χ2n) is 2.55. The molecule has 0 bridgehead atoms. The van der Waals surface area contributed by atoms with E-state index in [4.69, 9.17) is 9.84 Å². The van der Waals surface area contributed by atoms with E-state index in [1.54, 1.807) is 0 Å². The highest BCUT2D eigenvalue weighted by Gasteiger charge is 2.16. The fraction of sp³-hybridized carbons (Fsp3) is 0.857. The van der Waals surface area contributed by atoms with E-state index in [0.29, 0.717) is 18.5 Å². The van der Waals surface area contributed by atoms with Crippen LogP contribution in [0.15, 0.2) is 0 Å². The number of carbonyl (C=O) groups is 1. The fourth-order valence-electron chi connectivity index (χ4n) is 0.857. The van der Waals surface area contributed by atoms with Gasteiger partial charge in [0, 0.05) is 11.0 Å². The fourth-order valence-corrected chi connectivity index (χ4v) is 3.65. The zero-order valence-electron chi connectivity index (χ0n) is 6.69. The SMILES string of the molecule is O=C(O)CCOCC1CCSS1. The number of aliphatic carboxylic acids is 1. The molecule has 0 spiro atoms. The van der Waals surface area contributed by atoms with Gasteiger partial charge in [-0.3, -0.25) is 4.79 Å². The smallest absolute Gasteiger partial charge is 0.305 e. The maximum Gasteiger partial charge on any atom is 0.305 e. The monoisotopic (exact) mass is 208 g/mol. The highest BCUT2D eigenvalue weighted by Crippen LogP contribution is 2.37. The molecule has 5 heteroatoms. The van der Waals surface area contributed by atoms with Crippen LogP contribution in [0.5, 0.6) is 0 Å². The summed E-state index contributed by atoms with van der Waals surface area (Å²) in [5.74, 6) is 0.404. The molecule has 1 rings (SSSR count). The van der Waals surface area contributed by atoms with Crippen molar-refractivity contribution in [2.45, 2.75) is 18.1 Å². The summed E-state index contributed by atoms with van der Waals surface area (Å²) in [6, 6.07) is 0. The Labute approximate surface area is 79.6 Å². The summed E-state index contributed by atoms with van der Waals surface area (Å²) in [6.45, 7) is 1.04. The molecule has 1 atom stereocenters. The first-order valence-electron chi connectivity index (χ1n) is 3.87. The summed E-state index contributed by atoms with van der Waals surface area (Å²) in [5.41, 5.74) is 0. The zero-order chi connectivity index (χ0) is 8.81. The summed E-state index contributed by atoms with van der Waals surface area (Å²) in [4.78, 5) is 10.1. The number of carboxylic acids is 1. The Kier molecular flexibility index (Phi) is 4.87. The maximum absolute atomic E-state index is 10.1. The molecule has 3 nitrogen and oxygen atoms in total. The van der Waals surface area contributed by atoms with Crippen LogP contribution in [-0.2, 0) is 9.53 Å². The topological polar surface area (TPSA) is 46.5 Å². The van der Waals surface area contributed by atoms with Crippen LogP contribution in [0, 0.1) is 0 Å². The Hall–Kier alpha value is 0.130. The minimum atomic E-state index is -0.788. The van der Waals surface area contributed by atoms with Gasteiger partial charge in [-0.05, 0) is 6.42 Å². The van der Waals surface area contributed by atoms with Gasteiger partial charge in [0.1, 0.15) is 0 Å². The van der Waals surface area contributed by atoms with Gasteiger partial charge in [-0.2, -0.15) is 0 Å². The van der Waals surface area contributed by atoms with E-state index in [1.165, 1.54) is 12.2 Å². The summed E-state index contributed by atoms with van der Waals surface area (Å²) in [5, 5.41) is 8.89. The Balaban J connectivity index is 1.91. The molecule has 0 saturated carbocycles. The summed E-state index contributed by atoms with van der Waals surface area (Å²) < 4.78 is 5.21. The highest BCUT2D eigenvalue weighted by atomic mass is 33.1. The quantitative estimate of drug-likeness (QED) is 0.549. The standard InChI is InChI=1S/C7H12O3S2/c8-7(9)1-3-10-5-6-2-4-11-12-6/h6H,1-5H2,(H,8,9). The predicted octanol–water partition coefficient (Wildman–Crippen LogP) is 1.63. The molecule has 0 radical (unpaired) electrons. The van der Waals surface area contributed by atoms with Crippen LogP contribution in [0.1, 0.15) is 12.8 Å². The first-order valence-corrected chi connectivity index (χ1v) is 6.25. The number of hydrogen-bond acceptors (Lipinski definition) is 4. The van der Waals surface area contributed by atoms with Crippen molar-refractivity contribution in [2.75, 3.05) is 19.0 Å². The van der Waals surface area contributed by atoms with E-state index in [1.807, 2.05) is 21.6 Å². The molecule has 1 aliphatic heterocycles. The zero-order valence-corrected chi connectivity index (χ0v) is 8.33. The van der Waals surface area contributed by atoms with Gasteiger partial charge in [0.05, 0.1) is 19.6 Å². The molecule has 12 heavy (non-hydrogen) atoms. The van der Waals surface area contributed by atoms with E-state index in [-0.39, 0.29) is 6.42 Å². The van der Waals surface area contributed by atoms with Crippen molar-refractivity contribution in [1.82, 2.24) is 0 Å². The summed E-state index contributed by atoms with van der Waals surface area (Å²) >= 11 is 0. The molecule has 0 aromatic heterocycles. The van der Waals surface area contributed by atoms with E-state index >= 15 is 0 Å². The van der Waals surface area contributed by atoms with Gasteiger partial charge in [-0.1, -0.05) is 21.6 Å². The van der Waals surface area contributed by atoms with Crippen LogP contribution in [0.4, 0.5) is 0 Å². The molecule has 1 unspecified atom stereocenters. The largest absolute Gasteiger partial charge is 0.481 e. The van der Waals surface area contributed by atoms with Crippen molar-refractivity contribution in [2.24, 2.45) is 0 Å². The molecule has 0 aromatic carbocycles. The molecular weight excluding hydrogens is 196 g/mol. The average molecular weight is 208 g/mol. The third-order valence-corrected chi connectivity index (χ3v) is 4.40. The van der Waals surface area contributed by atoms with Gasteiger partial charge in [0.25, 0.3) is 0 Å². The van der Waals surface area contributed by atoms with Crippen molar-refractivity contribution >= 4 is 27.6 Å². The van der Waals surface area contributed by atoms with Crippen molar-refractivity contribution < 1.29 is 14.6 Å². The molecule has 1 N–H and O–H groups in total. The lowest BCUT2D eigenvalue weighted by molar-refractivity contribution is -0.138. The normalized spacial score (nSPS) is 22.8. The first-order chi connectivity index (χ1) is 5.79. The maximum atomic E-state index is 10.1. The van der Waals surface area contributed by atoms with E-state index in [2.05, 4.69) is 0 Å². The average Bonchev–Trinajstić information content (AvgIpc) is 2.49.